The van der Waals surface area contributed by atoms with Gasteiger partial charge in [-0.3, -0.25) is 5.41 Å². The maximum Gasteiger partial charge on any atom is 0.188 e. The molecule has 3 heteroatoms. The van der Waals surface area contributed by atoms with Gasteiger partial charge in [0.1, 0.15) is 0 Å². The highest BCUT2D eigenvalue weighted by Crippen LogP contribution is 2.19. The van der Waals surface area contributed by atoms with Gasteiger partial charge in [-0.1, -0.05) is 46.0 Å². The van der Waals surface area contributed by atoms with Crippen molar-refractivity contribution in [1.29, 1.82) is 5.41 Å². The highest BCUT2D eigenvalue weighted by atomic mass is 15.2. The zero-order chi connectivity index (χ0) is 11.1. The summed E-state index contributed by atoms with van der Waals surface area (Å²) in [4.78, 5) is 0. The summed E-state index contributed by atoms with van der Waals surface area (Å²) in [6.45, 7) is 5.44. The standard InChI is InChI=1S/C12H25N3/c1-3-5-6-7-8-10(4-2)11-9-14-12(13)15-11/h10-11H,3-9H2,1-2H3,(H3,13,14,15). The Hall–Kier alpha value is -0.730. The van der Waals surface area contributed by atoms with E-state index >= 15 is 0 Å². The molecule has 0 spiro atoms. The molecule has 15 heavy (non-hydrogen) atoms. The number of rotatable bonds is 7. The van der Waals surface area contributed by atoms with Gasteiger partial charge >= 0.3 is 0 Å². The fourth-order valence-corrected chi connectivity index (χ4v) is 2.31. The van der Waals surface area contributed by atoms with Crippen LogP contribution in [0, 0.1) is 11.3 Å². The van der Waals surface area contributed by atoms with Gasteiger partial charge in [0, 0.05) is 12.6 Å². The van der Waals surface area contributed by atoms with Crippen molar-refractivity contribution in [1.82, 2.24) is 10.6 Å². The Balaban J connectivity index is 2.20. The van der Waals surface area contributed by atoms with Crippen LogP contribution in [0.25, 0.3) is 0 Å². The molecule has 0 saturated carbocycles. The molecule has 1 fully saturated rings. The van der Waals surface area contributed by atoms with Gasteiger partial charge in [-0.15, -0.1) is 0 Å². The van der Waals surface area contributed by atoms with E-state index in [1.807, 2.05) is 0 Å². The van der Waals surface area contributed by atoms with E-state index < -0.39 is 0 Å². The van der Waals surface area contributed by atoms with Crippen LogP contribution in [0.2, 0.25) is 0 Å². The van der Waals surface area contributed by atoms with Crippen LogP contribution in [0.15, 0.2) is 0 Å². The van der Waals surface area contributed by atoms with Gasteiger partial charge in [0.15, 0.2) is 5.96 Å². The lowest BCUT2D eigenvalue weighted by molar-refractivity contribution is 0.360. The molecule has 1 rings (SSSR count). The van der Waals surface area contributed by atoms with Crippen molar-refractivity contribution in [2.45, 2.75) is 58.4 Å². The van der Waals surface area contributed by atoms with Crippen LogP contribution >= 0.6 is 0 Å². The summed E-state index contributed by atoms with van der Waals surface area (Å²) in [5, 5.41) is 13.7. The second-order valence-corrected chi connectivity index (χ2v) is 4.52. The molecule has 2 atom stereocenters. The summed E-state index contributed by atoms with van der Waals surface area (Å²) >= 11 is 0. The molecule has 0 aromatic rings. The summed E-state index contributed by atoms with van der Waals surface area (Å²) in [6, 6.07) is 0.490. The lowest BCUT2D eigenvalue weighted by Crippen LogP contribution is -2.34. The first-order chi connectivity index (χ1) is 7.27. The fraction of sp³-hybridized carbons (Fsp3) is 0.917. The molecule has 0 bridgehead atoms. The van der Waals surface area contributed by atoms with Crippen LogP contribution in [0.4, 0.5) is 0 Å². The monoisotopic (exact) mass is 211 g/mol. The Morgan fingerprint density at radius 2 is 2.13 bits per heavy atom. The van der Waals surface area contributed by atoms with Crippen LogP contribution < -0.4 is 10.6 Å². The number of unbranched alkanes of at least 4 members (excludes halogenated alkanes) is 3. The second kappa shape index (κ2) is 6.70. The average molecular weight is 211 g/mol. The third-order valence-electron chi connectivity index (χ3n) is 3.35. The molecule has 3 N–H and O–H groups in total. The van der Waals surface area contributed by atoms with Gasteiger partial charge in [-0.05, 0) is 12.3 Å². The molecule has 0 aromatic carbocycles. The lowest BCUT2D eigenvalue weighted by atomic mass is 9.91. The highest BCUT2D eigenvalue weighted by Gasteiger charge is 2.24. The van der Waals surface area contributed by atoms with Crippen molar-refractivity contribution >= 4 is 5.96 Å². The molecular weight excluding hydrogens is 186 g/mol. The van der Waals surface area contributed by atoms with Crippen molar-refractivity contribution in [2.75, 3.05) is 6.54 Å². The Kier molecular flexibility index (Phi) is 5.51. The van der Waals surface area contributed by atoms with Gasteiger partial charge in [0.2, 0.25) is 0 Å². The number of hydrogen-bond acceptors (Lipinski definition) is 1. The van der Waals surface area contributed by atoms with Gasteiger partial charge in [0.05, 0.1) is 0 Å². The SMILES string of the molecule is CCCCCCC(CC)C1CNC(=N)N1. The van der Waals surface area contributed by atoms with E-state index in [1.54, 1.807) is 0 Å². The quantitative estimate of drug-likeness (QED) is 0.567. The summed E-state index contributed by atoms with van der Waals surface area (Å²) < 4.78 is 0. The minimum absolute atomic E-state index is 0.490. The maximum absolute atomic E-state index is 7.47. The average Bonchev–Trinajstić information content (AvgIpc) is 2.65. The van der Waals surface area contributed by atoms with Gasteiger partial charge in [0.25, 0.3) is 0 Å². The van der Waals surface area contributed by atoms with Crippen LogP contribution in [-0.4, -0.2) is 18.5 Å². The Labute approximate surface area is 93.5 Å². The van der Waals surface area contributed by atoms with Crippen LogP contribution in [0.1, 0.15) is 52.4 Å². The van der Waals surface area contributed by atoms with Crippen LogP contribution in [-0.2, 0) is 0 Å². The lowest BCUT2D eigenvalue weighted by Gasteiger charge is -2.21. The molecule has 3 nitrogen and oxygen atoms in total. The molecule has 88 valence electrons. The molecule has 0 amide bonds. The van der Waals surface area contributed by atoms with E-state index in [4.69, 9.17) is 5.41 Å². The summed E-state index contributed by atoms with van der Waals surface area (Å²) in [5.74, 6) is 1.24. The Bertz CT molecular complexity index is 191. The molecule has 0 radical (unpaired) electrons. The molecule has 2 unspecified atom stereocenters. The van der Waals surface area contributed by atoms with Crippen molar-refractivity contribution in [2.24, 2.45) is 5.92 Å². The third kappa shape index (κ3) is 4.10. The largest absolute Gasteiger partial charge is 0.355 e. The van der Waals surface area contributed by atoms with E-state index in [9.17, 15) is 0 Å². The highest BCUT2D eigenvalue weighted by molar-refractivity contribution is 5.78. The summed E-state index contributed by atoms with van der Waals surface area (Å²) in [7, 11) is 0. The smallest absolute Gasteiger partial charge is 0.188 e. The second-order valence-electron chi connectivity index (χ2n) is 4.52. The van der Waals surface area contributed by atoms with E-state index in [0.29, 0.717) is 12.0 Å². The first-order valence-electron chi connectivity index (χ1n) is 6.36. The minimum Gasteiger partial charge on any atom is -0.355 e. The number of hydrogen-bond donors (Lipinski definition) is 3. The van der Waals surface area contributed by atoms with E-state index in [0.717, 1.165) is 12.5 Å². The molecule has 1 saturated heterocycles. The van der Waals surface area contributed by atoms with E-state index in [1.165, 1.54) is 38.5 Å². The maximum atomic E-state index is 7.47. The first kappa shape index (κ1) is 12.3. The zero-order valence-electron chi connectivity index (χ0n) is 10.1. The normalized spacial score (nSPS) is 22.3. The molecule has 1 heterocycles. The van der Waals surface area contributed by atoms with Crippen molar-refractivity contribution in [3.8, 4) is 0 Å². The van der Waals surface area contributed by atoms with Gasteiger partial charge < -0.3 is 10.6 Å². The third-order valence-corrected chi connectivity index (χ3v) is 3.35. The Morgan fingerprint density at radius 3 is 2.67 bits per heavy atom. The Morgan fingerprint density at radius 1 is 1.33 bits per heavy atom. The van der Waals surface area contributed by atoms with Crippen molar-refractivity contribution < 1.29 is 0 Å². The van der Waals surface area contributed by atoms with Crippen molar-refractivity contribution in [3.63, 3.8) is 0 Å². The number of guanidine groups is 1. The summed E-state index contributed by atoms with van der Waals surface area (Å²) in [5.41, 5.74) is 0. The molecule has 0 aromatic heterocycles. The van der Waals surface area contributed by atoms with Gasteiger partial charge in [-0.2, -0.15) is 0 Å². The van der Waals surface area contributed by atoms with Crippen molar-refractivity contribution in [3.05, 3.63) is 0 Å². The van der Waals surface area contributed by atoms with Gasteiger partial charge in [-0.25, -0.2) is 0 Å². The first-order valence-corrected chi connectivity index (χ1v) is 6.36. The van der Waals surface area contributed by atoms with E-state index in [2.05, 4.69) is 24.5 Å². The number of nitrogens with one attached hydrogen (secondary N) is 3. The summed E-state index contributed by atoms with van der Waals surface area (Å²) in [6.07, 6.45) is 7.91. The fourth-order valence-electron chi connectivity index (χ4n) is 2.31. The van der Waals surface area contributed by atoms with Crippen LogP contribution in [0.5, 0.6) is 0 Å². The van der Waals surface area contributed by atoms with E-state index in [-0.39, 0.29) is 0 Å². The molecule has 1 aliphatic heterocycles. The molecule has 0 aliphatic carbocycles. The minimum atomic E-state index is 0.490. The predicted molar refractivity (Wildman–Crippen MR) is 65.2 cm³/mol. The molecular formula is C12H25N3. The topological polar surface area (TPSA) is 47.9 Å². The molecule has 1 aliphatic rings. The zero-order valence-corrected chi connectivity index (χ0v) is 10.1. The predicted octanol–water partition coefficient (Wildman–Crippen LogP) is 2.48. The van der Waals surface area contributed by atoms with Crippen LogP contribution in [0.3, 0.4) is 0 Å².